The van der Waals surface area contributed by atoms with Crippen LogP contribution >= 0.6 is 0 Å². The zero-order chi connectivity index (χ0) is 11.0. The molecule has 1 unspecified atom stereocenters. The van der Waals surface area contributed by atoms with Crippen LogP contribution in [0.5, 0.6) is 0 Å². The maximum Gasteiger partial charge on any atom is 0.282 e. The maximum absolute atomic E-state index is 10.7. The van der Waals surface area contributed by atoms with Crippen LogP contribution in [0.15, 0.2) is 18.2 Å². The lowest BCUT2D eigenvalue weighted by molar-refractivity contribution is -0.394. The second-order valence-corrected chi connectivity index (χ2v) is 3.08. The van der Waals surface area contributed by atoms with Gasteiger partial charge in [-0.15, -0.1) is 0 Å². The zero-order valence-corrected chi connectivity index (χ0v) is 7.45. The highest BCUT2D eigenvalue weighted by Gasteiger charge is 2.33. The molecule has 0 N–H and O–H groups in total. The summed E-state index contributed by atoms with van der Waals surface area (Å²) in [5.74, 6) is 0. The smallest absolute Gasteiger partial charge is 0.282 e. The lowest BCUT2D eigenvalue weighted by Crippen LogP contribution is -1.97. The van der Waals surface area contributed by atoms with Crippen molar-refractivity contribution in [3.63, 3.8) is 0 Å². The van der Waals surface area contributed by atoms with Gasteiger partial charge in [0, 0.05) is 6.07 Å². The second kappa shape index (κ2) is 3.28. The van der Waals surface area contributed by atoms with Gasteiger partial charge < -0.3 is 4.74 Å². The lowest BCUT2D eigenvalue weighted by atomic mass is 10.1. The molecule has 0 aromatic heterocycles. The highest BCUT2D eigenvalue weighted by Crippen LogP contribution is 2.37. The summed E-state index contributed by atoms with van der Waals surface area (Å²) < 4.78 is 4.91. The Morgan fingerprint density at radius 2 is 1.93 bits per heavy atom. The summed E-state index contributed by atoms with van der Waals surface area (Å²) in [7, 11) is 0. The quantitative estimate of drug-likeness (QED) is 0.428. The Morgan fingerprint density at radius 1 is 1.27 bits per heavy atom. The third-order valence-electron chi connectivity index (χ3n) is 2.10. The van der Waals surface area contributed by atoms with Gasteiger partial charge in [0.15, 0.2) is 0 Å². The minimum atomic E-state index is -0.662. The van der Waals surface area contributed by atoms with Gasteiger partial charge in [0.2, 0.25) is 0 Å². The van der Waals surface area contributed by atoms with E-state index in [1.807, 2.05) is 0 Å². The number of ether oxygens (including phenoxy) is 1. The number of nitro benzene ring substituents is 2. The Hall–Kier alpha value is -2.02. The fourth-order valence-corrected chi connectivity index (χ4v) is 1.30. The number of hydrogen-bond acceptors (Lipinski definition) is 5. The van der Waals surface area contributed by atoms with Crippen LogP contribution in [0, 0.1) is 20.2 Å². The highest BCUT2D eigenvalue weighted by atomic mass is 16.6. The topological polar surface area (TPSA) is 98.8 Å². The van der Waals surface area contributed by atoms with E-state index >= 15 is 0 Å². The molecular formula is C8H6N2O5. The van der Waals surface area contributed by atoms with Gasteiger partial charge in [0.25, 0.3) is 11.4 Å². The number of rotatable bonds is 3. The van der Waals surface area contributed by atoms with Gasteiger partial charge in [-0.1, -0.05) is 0 Å². The molecule has 0 aliphatic carbocycles. The summed E-state index contributed by atoms with van der Waals surface area (Å²) in [6, 6.07) is 3.56. The second-order valence-electron chi connectivity index (χ2n) is 3.08. The average molecular weight is 210 g/mol. The Balaban J connectivity index is 2.48. The van der Waals surface area contributed by atoms with Crippen molar-refractivity contribution < 1.29 is 14.6 Å². The molecule has 0 saturated carbocycles. The van der Waals surface area contributed by atoms with E-state index in [1.54, 1.807) is 0 Å². The minimum Gasteiger partial charge on any atom is -0.368 e. The average Bonchev–Trinajstić information content (AvgIpc) is 2.99. The van der Waals surface area contributed by atoms with Gasteiger partial charge in [-0.05, 0) is 6.07 Å². The SMILES string of the molecule is O=[N+]([O-])c1ccc(C2CO2)c([N+](=O)[O-])c1. The van der Waals surface area contributed by atoms with Crippen LogP contribution in [0.4, 0.5) is 11.4 Å². The Kier molecular flexibility index (Phi) is 2.09. The van der Waals surface area contributed by atoms with Crippen LogP contribution in [0.1, 0.15) is 11.7 Å². The standard InChI is InChI=1S/C8H6N2O5/c11-9(12)5-1-2-6(8-4-15-8)7(3-5)10(13)14/h1-3,8H,4H2. The van der Waals surface area contributed by atoms with Crippen molar-refractivity contribution in [2.45, 2.75) is 6.10 Å². The largest absolute Gasteiger partial charge is 0.368 e. The van der Waals surface area contributed by atoms with Crippen molar-refractivity contribution in [2.24, 2.45) is 0 Å². The highest BCUT2D eigenvalue weighted by molar-refractivity contribution is 5.50. The summed E-state index contributed by atoms with van der Waals surface area (Å²) >= 11 is 0. The summed E-state index contributed by atoms with van der Waals surface area (Å²) in [5.41, 5.74) is -0.150. The molecule has 1 aromatic carbocycles. The third-order valence-corrected chi connectivity index (χ3v) is 2.10. The van der Waals surface area contributed by atoms with Crippen LogP contribution < -0.4 is 0 Å². The molecular weight excluding hydrogens is 204 g/mol. The molecule has 0 amide bonds. The molecule has 1 saturated heterocycles. The summed E-state index contributed by atoms with van der Waals surface area (Å²) in [4.78, 5) is 19.8. The predicted octanol–water partition coefficient (Wildman–Crippen LogP) is 1.57. The Morgan fingerprint density at radius 3 is 2.40 bits per heavy atom. The van der Waals surface area contributed by atoms with E-state index < -0.39 is 9.85 Å². The van der Waals surface area contributed by atoms with Gasteiger partial charge in [0.05, 0.1) is 28.1 Å². The number of non-ortho nitro benzene ring substituents is 1. The fourth-order valence-electron chi connectivity index (χ4n) is 1.30. The number of nitro groups is 2. The summed E-state index contributed by atoms with van der Waals surface area (Å²) in [6.07, 6.45) is -0.286. The first-order chi connectivity index (χ1) is 7.09. The van der Waals surface area contributed by atoms with Crippen molar-refractivity contribution >= 4 is 11.4 Å². The third kappa shape index (κ3) is 1.77. The normalized spacial score (nSPS) is 18.5. The van der Waals surface area contributed by atoms with Crippen LogP contribution in [0.2, 0.25) is 0 Å². The first kappa shape index (κ1) is 9.53. The maximum atomic E-state index is 10.7. The van der Waals surface area contributed by atoms with Crippen molar-refractivity contribution in [1.29, 1.82) is 0 Å². The van der Waals surface area contributed by atoms with Crippen LogP contribution in [0.3, 0.4) is 0 Å². The number of epoxide rings is 1. The van der Waals surface area contributed by atoms with Gasteiger partial charge in [-0.2, -0.15) is 0 Å². The molecule has 2 rings (SSSR count). The van der Waals surface area contributed by atoms with Crippen LogP contribution in [-0.4, -0.2) is 16.5 Å². The molecule has 0 radical (unpaired) electrons. The molecule has 1 aliphatic heterocycles. The van der Waals surface area contributed by atoms with Gasteiger partial charge >= 0.3 is 0 Å². The molecule has 1 atom stereocenters. The monoisotopic (exact) mass is 210 g/mol. The number of benzene rings is 1. The van der Waals surface area contributed by atoms with Crippen LogP contribution in [-0.2, 0) is 4.74 Å². The Labute approximate surface area is 83.6 Å². The van der Waals surface area contributed by atoms with E-state index in [9.17, 15) is 20.2 Å². The van der Waals surface area contributed by atoms with Gasteiger partial charge in [-0.3, -0.25) is 20.2 Å². The Bertz CT molecular complexity index is 441. The van der Waals surface area contributed by atoms with Crippen molar-refractivity contribution in [3.05, 3.63) is 44.0 Å². The van der Waals surface area contributed by atoms with Crippen molar-refractivity contribution in [2.75, 3.05) is 6.61 Å². The van der Waals surface area contributed by atoms with E-state index in [1.165, 1.54) is 12.1 Å². The summed E-state index contributed by atoms with van der Waals surface area (Å²) in [5, 5.41) is 21.1. The molecule has 78 valence electrons. The fraction of sp³-hybridized carbons (Fsp3) is 0.250. The van der Waals surface area contributed by atoms with E-state index in [-0.39, 0.29) is 17.5 Å². The van der Waals surface area contributed by atoms with Crippen LogP contribution in [0.25, 0.3) is 0 Å². The number of hydrogen-bond donors (Lipinski definition) is 0. The summed E-state index contributed by atoms with van der Waals surface area (Å²) in [6.45, 7) is 0.429. The number of nitrogens with zero attached hydrogens (tertiary/aromatic N) is 2. The molecule has 7 nitrogen and oxygen atoms in total. The first-order valence-electron chi connectivity index (χ1n) is 4.14. The van der Waals surface area contributed by atoms with Crippen molar-refractivity contribution in [1.82, 2.24) is 0 Å². The lowest BCUT2D eigenvalue weighted by Gasteiger charge is -1.98. The molecule has 1 aromatic rings. The minimum absolute atomic E-state index is 0.258. The zero-order valence-electron chi connectivity index (χ0n) is 7.45. The van der Waals surface area contributed by atoms with E-state index in [2.05, 4.69) is 0 Å². The van der Waals surface area contributed by atoms with E-state index in [0.717, 1.165) is 6.07 Å². The molecule has 1 heterocycles. The van der Waals surface area contributed by atoms with Gasteiger partial charge in [-0.25, -0.2) is 0 Å². The first-order valence-corrected chi connectivity index (χ1v) is 4.14. The molecule has 1 aliphatic rings. The molecule has 1 fully saturated rings. The molecule has 0 bridgehead atoms. The molecule has 15 heavy (non-hydrogen) atoms. The van der Waals surface area contributed by atoms with E-state index in [4.69, 9.17) is 4.74 Å². The molecule has 0 spiro atoms. The van der Waals surface area contributed by atoms with Crippen molar-refractivity contribution in [3.8, 4) is 0 Å². The van der Waals surface area contributed by atoms with Gasteiger partial charge in [0.1, 0.15) is 6.10 Å². The van der Waals surface area contributed by atoms with E-state index in [0.29, 0.717) is 12.2 Å². The molecule has 7 heteroatoms. The predicted molar refractivity (Wildman–Crippen MR) is 48.4 cm³/mol.